The Morgan fingerprint density at radius 2 is 2.00 bits per heavy atom. The van der Waals surface area contributed by atoms with Crippen molar-refractivity contribution in [2.45, 2.75) is 44.7 Å². The second-order valence-electron chi connectivity index (χ2n) is 7.32. The summed E-state index contributed by atoms with van der Waals surface area (Å²) in [6.07, 6.45) is 8.99. The third-order valence-electron chi connectivity index (χ3n) is 5.35. The summed E-state index contributed by atoms with van der Waals surface area (Å²) in [6.45, 7) is 1.82. The smallest absolute Gasteiger partial charge is 0.193 e. The molecule has 1 aromatic rings. The van der Waals surface area contributed by atoms with Crippen LogP contribution < -0.4 is 5.32 Å². The SMILES string of the molecule is CN=C(NCC(C1CCCCC1)N(C)C)N(C)Cc1cccn1C. The molecule has 1 aliphatic carbocycles. The van der Waals surface area contributed by atoms with E-state index in [1.54, 1.807) is 0 Å². The van der Waals surface area contributed by atoms with Crippen molar-refractivity contribution in [1.29, 1.82) is 0 Å². The van der Waals surface area contributed by atoms with Gasteiger partial charge in [-0.25, -0.2) is 0 Å². The maximum absolute atomic E-state index is 4.48. The minimum Gasteiger partial charge on any atom is -0.355 e. The van der Waals surface area contributed by atoms with Gasteiger partial charge in [0.15, 0.2) is 5.96 Å². The van der Waals surface area contributed by atoms with Crippen molar-refractivity contribution >= 4 is 5.96 Å². The summed E-state index contributed by atoms with van der Waals surface area (Å²) in [5, 5.41) is 3.60. The number of guanidine groups is 1. The molecule has 0 bridgehead atoms. The molecule has 0 radical (unpaired) electrons. The highest BCUT2D eigenvalue weighted by Crippen LogP contribution is 2.28. The Morgan fingerprint density at radius 1 is 1.29 bits per heavy atom. The van der Waals surface area contributed by atoms with Crippen molar-refractivity contribution in [2.75, 3.05) is 34.7 Å². The Balaban J connectivity index is 1.92. The predicted octanol–water partition coefficient (Wildman–Crippen LogP) is 2.54. The van der Waals surface area contributed by atoms with E-state index in [-0.39, 0.29) is 0 Å². The molecule has 0 saturated heterocycles. The molecule has 2 rings (SSSR count). The third kappa shape index (κ3) is 5.00. The number of hydrogen-bond acceptors (Lipinski definition) is 2. The van der Waals surface area contributed by atoms with Crippen LogP contribution in [-0.4, -0.2) is 61.1 Å². The highest BCUT2D eigenvalue weighted by molar-refractivity contribution is 5.79. The van der Waals surface area contributed by atoms with Gasteiger partial charge in [-0.05, 0) is 45.0 Å². The van der Waals surface area contributed by atoms with E-state index in [0.717, 1.165) is 25.0 Å². The molecule has 1 fully saturated rings. The van der Waals surface area contributed by atoms with Gasteiger partial charge in [-0.15, -0.1) is 0 Å². The lowest BCUT2D eigenvalue weighted by Crippen LogP contribution is -2.48. The summed E-state index contributed by atoms with van der Waals surface area (Å²) in [5.74, 6) is 1.77. The van der Waals surface area contributed by atoms with Crippen LogP contribution in [0, 0.1) is 5.92 Å². The van der Waals surface area contributed by atoms with Gasteiger partial charge in [-0.3, -0.25) is 4.99 Å². The van der Waals surface area contributed by atoms with Crippen molar-refractivity contribution < 1.29 is 0 Å². The average molecular weight is 334 g/mol. The summed E-state index contributed by atoms with van der Waals surface area (Å²) < 4.78 is 2.16. The van der Waals surface area contributed by atoms with E-state index in [1.807, 2.05) is 7.05 Å². The molecule has 136 valence electrons. The first-order valence-corrected chi connectivity index (χ1v) is 9.21. The van der Waals surface area contributed by atoms with Crippen molar-refractivity contribution in [3.63, 3.8) is 0 Å². The summed E-state index contributed by atoms with van der Waals surface area (Å²) in [4.78, 5) is 9.06. The van der Waals surface area contributed by atoms with Crippen molar-refractivity contribution in [3.8, 4) is 0 Å². The lowest BCUT2D eigenvalue weighted by atomic mass is 9.83. The number of rotatable bonds is 6. The lowest BCUT2D eigenvalue weighted by molar-refractivity contribution is 0.170. The largest absolute Gasteiger partial charge is 0.355 e. The topological polar surface area (TPSA) is 35.8 Å². The van der Waals surface area contributed by atoms with E-state index >= 15 is 0 Å². The molecule has 1 aromatic heterocycles. The molecule has 1 atom stereocenters. The van der Waals surface area contributed by atoms with Crippen LogP contribution in [0.15, 0.2) is 23.3 Å². The fourth-order valence-electron chi connectivity index (χ4n) is 3.85. The molecule has 0 aliphatic heterocycles. The molecule has 0 aromatic carbocycles. The number of nitrogens with one attached hydrogen (secondary N) is 1. The molecule has 1 N–H and O–H groups in total. The van der Waals surface area contributed by atoms with Crippen LogP contribution in [0.25, 0.3) is 0 Å². The summed E-state index contributed by atoms with van der Waals surface area (Å²) in [6, 6.07) is 4.82. The molecule has 5 heteroatoms. The molecule has 0 amide bonds. The zero-order valence-corrected chi connectivity index (χ0v) is 16.1. The first-order chi connectivity index (χ1) is 11.5. The van der Waals surface area contributed by atoms with E-state index in [2.05, 4.69) is 71.2 Å². The second-order valence-corrected chi connectivity index (χ2v) is 7.32. The van der Waals surface area contributed by atoms with Gasteiger partial charge in [-0.2, -0.15) is 0 Å². The average Bonchev–Trinajstić information content (AvgIpc) is 2.97. The molecular formula is C19H35N5. The number of aryl methyl sites for hydroxylation is 1. The maximum atomic E-state index is 4.48. The number of likely N-dealkylation sites (N-methyl/N-ethyl adjacent to an activating group) is 1. The number of hydrogen-bond donors (Lipinski definition) is 1. The summed E-state index contributed by atoms with van der Waals surface area (Å²) in [5.41, 5.74) is 1.29. The van der Waals surface area contributed by atoms with Crippen molar-refractivity contribution in [3.05, 3.63) is 24.0 Å². The van der Waals surface area contributed by atoms with Gasteiger partial charge >= 0.3 is 0 Å². The third-order valence-corrected chi connectivity index (χ3v) is 5.35. The van der Waals surface area contributed by atoms with Crippen LogP contribution in [-0.2, 0) is 13.6 Å². The van der Waals surface area contributed by atoms with Gasteiger partial charge in [0.25, 0.3) is 0 Å². The zero-order valence-electron chi connectivity index (χ0n) is 16.1. The fraction of sp³-hybridized carbons (Fsp3) is 0.737. The van der Waals surface area contributed by atoms with Crippen LogP contribution >= 0.6 is 0 Å². The van der Waals surface area contributed by atoms with Gasteiger partial charge in [0, 0.05) is 45.6 Å². The minimum absolute atomic E-state index is 0.575. The van der Waals surface area contributed by atoms with Crippen LogP contribution in [0.5, 0.6) is 0 Å². The Labute approximate surface area is 147 Å². The number of aromatic nitrogens is 1. The Bertz CT molecular complexity index is 514. The van der Waals surface area contributed by atoms with Gasteiger partial charge in [0.05, 0.1) is 6.54 Å². The molecular weight excluding hydrogens is 298 g/mol. The monoisotopic (exact) mass is 333 g/mol. The summed E-state index contributed by atoms with van der Waals surface area (Å²) >= 11 is 0. The molecule has 24 heavy (non-hydrogen) atoms. The van der Waals surface area contributed by atoms with Gasteiger partial charge in [0.2, 0.25) is 0 Å². The fourth-order valence-corrected chi connectivity index (χ4v) is 3.85. The van der Waals surface area contributed by atoms with E-state index < -0.39 is 0 Å². The molecule has 1 heterocycles. The van der Waals surface area contributed by atoms with Crippen LogP contribution in [0.4, 0.5) is 0 Å². The van der Waals surface area contributed by atoms with E-state index in [4.69, 9.17) is 0 Å². The first-order valence-electron chi connectivity index (χ1n) is 9.21. The van der Waals surface area contributed by atoms with Crippen molar-refractivity contribution in [2.24, 2.45) is 18.0 Å². The van der Waals surface area contributed by atoms with E-state index in [9.17, 15) is 0 Å². The Kier molecular flexibility index (Phi) is 7.16. The summed E-state index contributed by atoms with van der Waals surface area (Å²) in [7, 11) is 10.5. The second kappa shape index (κ2) is 9.11. The molecule has 5 nitrogen and oxygen atoms in total. The molecule has 0 spiro atoms. The molecule has 1 unspecified atom stereocenters. The molecule has 1 aliphatic rings. The standard InChI is InChI=1S/C19H35N5/c1-20-19(24(5)15-17-12-9-13-23(17)4)21-14-18(22(2)3)16-10-7-6-8-11-16/h9,12-13,16,18H,6-8,10-11,14-15H2,1-5H3,(H,20,21). The van der Waals surface area contributed by atoms with Gasteiger partial charge in [0.1, 0.15) is 0 Å². The minimum atomic E-state index is 0.575. The van der Waals surface area contributed by atoms with Crippen molar-refractivity contribution in [1.82, 2.24) is 19.7 Å². The first kappa shape index (κ1) is 18.8. The van der Waals surface area contributed by atoms with Crippen LogP contribution in [0.1, 0.15) is 37.8 Å². The van der Waals surface area contributed by atoms with Crippen LogP contribution in [0.2, 0.25) is 0 Å². The maximum Gasteiger partial charge on any atom is 0.193 e. The highest BCUT2D eigenvalue weighted by atomic mass is 15.3. The normalized spacial score (nSPS) is 18.0. The van der Waals surface area contributed by atoms with Gasteiger partial charge in [-0.1, -0.05) is 19.3 Å². The van der Waals surface area contributed by atoms with Crippen LogP contribution in [0.3, 0.4) is 0 Å². The van der Waals surface area contributed by atoms with E-state index in [0.29, 0.717) is 6.04 Å². The number of nitrogens with zero attached hydrogens (tertiary/aromatic N) is 4. The molecule has 1 saturated carbocycles. The number of aliphatic imine (C=N–C) groups is 1. The van der Waals surface area contributed by atoms with Gasteiger partial charge < -0.3 is 19.7 Å². The zero-order chi connectivity index (χ0) is 17.5. The predicted molar refractivity (Wildman–Crippen MR) is 102 cm³/mol. The Hall–Kier alpha value is -1.49. The quantitative estimate of drug-likeness (QED) is 0.642. The lowest BCUT2D eigenvalue weighted by Gasteiger charge is -2.36. The Morgan fingerprint density at radius 3 is 2.54 bits per heavy atom. The highest BCUT2D eigenvalue weighted by Gasteiger charge is 2.25. The van der Waals surface area contributed by atoms with E-state index in [1.165, 1.54) is 37.8 Å².